The minimum atomic E-state index is -1.02. The molecule has 1 aromatic carbocycles. The van der Waals surface area contributed by atoms with E-state index in [-0.39, 0.29) is 17.4 Å². The summed E-state index contributed by atoms with van der Waals surface area (Å²) in [4.78, 5) is 25.1. The first-order valence-electron chi connectivity index (χ1n) is 7.09. The molecule has 0 radical (unpaired) electrons. The first-order valence-corrected chi connectivity index (χ1v) is 7.09. The zero-order chi connectivity index (χ0) is 15.4. The number of hydrogen-bond donors (Lipinski definition) is 1. The van der Waals surface area contributed by atoms with Crippen molar-refractivity contribution in [3.8, 4) is 0 Å². The molecule has 0 aliphatic heterocycles. The van der Waals surface area contributed by atoms with Gasteiger partial charge in [-0.1, -0.05) is 13.8 Å². The third-order valence-electron chi connectivity index (χ3n) is 5.17. The van der Waals surface area contributed by atoms with E-state index in [4.69, 9.17) is 0 Å². The largest absolute Gasteiger partial charge is 0.325 e. The maximum absolute atomic E-state index is 13.2. The average Bonchev–Trinajstić information content (AvgIpc) is 2.95. The van der Waals surface area contributed by atoms with Crippen LogP contribution in [0.15, 0.2) is 18.2 Å². The summed E-state index contributed by atoms with van der Waals surface area (Å²) in [6.07, 6.45) is 1.94. The van der Waals surface area contributed by atoms with E-state index >= 15 is 0 Å². The van der Waals surface area contributed by atoms with Crippen LogP contribution in [0.3, 0.4) is 0 Å². The zero-order valence-corrected chi connectivity index (χ0v) is 12.0. The van der Waals surface area contributed by atoms with Crippen molar-refractivity contribution in [1.29, 1.82) is 0 Å². The summed E-state index contributed by atoms with van der Waals surface area (Å²) in [5.74, 6) is -2.20. The van der Waals surface area contributed by atoms with Crippen molar-refractivity contribution in [3.05, 3.63) is 29.8 Å². The van der Waals surface area contributed by atoms with Gasteiger partial charge in [-0.3, -0.25) is 9.59 Å². The Bertz CT molecular complexity index is 641. The molecule has 1 aromatic rings. The number of rotatable bonds is 2. The van der Waals surface area contributed by atoms with Crippen LogP contribution in [-0.4, -0.2) is 11.7 Å². The van der Waals surface area contributed by atoms with Gasteiger partial charge in [0, 0.05) is 17.2 Å². The lowest BCUT2D eigenvalue weighted by Crippen LogP contribution is -2.44. The van der Waals surface area contributed by atoms with Gasteiger partial charge in [0.25, 0.3) is 0 Å². The van der Waals surface area contributed by atoms with Crippen molar-refractivity contribution in [2.45, 2.75) is 33.1 Å². The lowest BCUT2D eigenvalue weighted by atomic mass is 9.70. The van der Waals surface area contributed by atoms with Gasteiger partial charge in [0.15, 0.2) is 17.4 Å². The minimum Gasteiger partial charge on any atom is -0.325 e. The standard InChI is InChI=1S/C16H17F2NO2/c1-15(2)9-5-6-16(8-9,13(15)20)14(21)19-10-3-4-11(17)12(18)7-10/h3-4,7,9H,5-6,8H2,1-2H3,(H,19,21). The Morgan fingerprint density at radius 3 is 2.57 bits per heavy atom. The summed E-state index contributed by atoms with van der Waals surface area (Å²) in [6, 6.07) is 3.19. The Hall–Kier alpha value is -1.78. The molecule has 0 saturated heterocycles. The maximum atomic E-state index is 13.2. The fourth-order valence-electron chi connectivity index (χ4n) is 3.80. The Morgan fingerprint density at radius 2 is 2.00 bits per heavy atom. The van der Waals surface area contributed by atoms with Crippen LogP contribution in [0.2, 0.25) is 0 Å². The van der Waals surface area contributed by atoms with Crippen molar-refractivity contribution in [3.63, 3.8) is 0 Å². The second kappa shape index (κ2) is 4.36. The molecule has 2 bridgehead atoms. The molecule has 5 heteroatoms. The quantitative estimate of drug-likeness (QED) is 0.850. The fourth-order valence-corrected chi connectivity index (χ4v) is 3.80. The number of amides is 1. The molecule has 2 aliphatic carbocycles. The van der Waals surface area contributed by atoms with E-state index in [1.165, 1.54) is 6.07 Å². The number of nitrogens with one attached hydrogen (secondary N) is 1. The molecule has 2 aliphatic rings. The van der Waals surface area contributed by atoms with Crippen LogP contribution in [0, 0.1) is 28.4 Å². The number of benzene rings is 1. The summed E-state index contributed by atoms with van der Waals surface area (Å²) in [5, 5.41) is 2.57. The van der Waals surface area contributed by atoms with Gasteiger partial charge in [0.05, 0.1) is 0 Å². The van der Waals surface area contributed by atoms with Crippen molar-refractivity contribution >= 4 is 17.4 Å². The highest BCUT2D eigenvalue weighted by Gasteiger charge is 2.64. The number of hydrogen-bond acceptors (Lipinski definition) is 2. The molecule has 0 aromatic heterocycles. The van der Waals surface area contributed by atoms with Crippen LogP contribution >= 0.6 is 0 Å². The average molecular weight is 293 g/mol. The molecule has 2 unspecified atom stereocenters. The minimum absolute atomic E-state index is 0.0358. The first kappa shape index (κ1) is 14.2. The summed E-state index contributed by atoms with van der Waals surface area (Å²) >= 11 is 0. The van der Waals surface area contributed by atoms with E-state index in [1.54, 1.807) is 0 Å². The summed E-state index contributed by atoms with van der Waals surface area (Å²) in [6.45, 7) is 3.76. The number of anilines is 1. The maximum Gasteiger partial charge on any atom is 0.238 e. The van der Waals surface area contributed by atoms with E-state index in [0.717, 1.165) is 18.6 Å². The second-order valence-corrected chi connectivity index (χ2v) is 6.66. The second-order valence-electron chi connectivity index (χ2n) is 6.66. The number of fused-ring (bicyclic) bond motifs is 2. The molecule has 0 heterocycles. The molecular formula is C16H17F2NO2. The van der Waals surface area contributed by atoms with Crippen LogP contribution in [0.1, 0.15) is 33.1 Å². The van der Waals surface area contributed by atoms with Crippen LogP contribution in [0.25, 0.3) is 0 Å². The highest BCUT2D eigenvalue weighted by Crippen LogP contribution is 2.60. The lowest BCUT2D eigenvalue weighted by Gasteiger charge is -2.32. The van der Waals surface area contributed by atoms with E-state index in [2.05, 4.69) is 5.32 Å². The molecule has 3 rings (SSSR count). The molecule has 2 atom stereocenters. The van der Waals surface area contributed by atoms with Crippen LogP contribution in [0.4, 0.5) is 14.5 Å². The lowest BCUT2D eigenvalue weighted by molar-refractivity contribution is -0.142. The topological polar surface area (TPSA) is 46.2 Å². The van der Waals surface area contributed by atoms with Gasteiger partial charge in [-0.2, -0.15) is 0 Å². The monoisotopic (exact) mass is 293 g/mol. The Morgan fingerprint density at radius 1 is 1.29 bits per heavy atom. The predicted molar refractivity (Wildman–Crippen MR) is 73.5 cm³/mol. The van der Waals surface area contributed by atoms with Crippen LogP contribution < -0.4 is 5.32 Å². The predicted octanol–water partition coefficient (Wildman–Crippen LogP) is 3.30. The van der Waals surface area contributed by atoms with E-state index < -0.39 is 28.4 Å². The molecule has 1 N–H and O–H groups in total. The first-order chi connectivity index (χ1) is 9.77. The van der Waals surface area contributed by atoms with Crippen molar-refractivity contribution < 1.29 is 18.4 Å². The Labute approximate surface area is 121 Å². The zero-order valence-electron chi connectivity index (χ0n) is 12.0. The van der Waals surface area contributed by atoms with Gasteiger partial charge in [-0.25, -0.2) is 8.78 Å². The molecule has 1 amide bonds. The highest BCUT2D eigenvalue weighted by atomic mass is 19.2. The summed E-state index contributed by atoms with van der Waals surface area (Å²) in [5.41, 5.74) is -1.31. The van der Waals surface area contributed by atoms with Crippen molar-refractivity contribution in [2.24, 2.45) is 16.7 Å². The Kier molecular flexibility index (Phi) is 2.94. The molecule has 2 saturated carbocycles. The van der Waals surface area contributed by atoms with Gasteiger partial charge >= 0.3 is 0 Å². The van der Waals surface area contributed by atoms with Gasteiger partial charge < -0.3 is 5.32 Å². The number of carbonyl (C=O) groups excluding carboxylic acids is 2. The van der Waals surface area contributed by atoms with Crippen LogP contribution in [-0.2, 0) is 9.59 Å². The SMILES string of the molecule is CC1(C)C(=O)C2(C(=O)Nc3ccc(F)c(F)c3)CCC1C2. The number of ketones is 1. The van der Waals surface area contributed by atoms with Gasteiger partial charge in [0.2, 0.25) is 5.91 Å². The molecule has 3 nitrogen and oxygen atoms in total. The third kappa shape index (κ3) is 1.90. The van der Waals surface area contributed by atoms with E-state index in [0.29, 0.717) is 12.8 Å². The van der Waals surface area contributed by atoms with Crippen molar-refractivity contribution in [2.75, 3.05) is 5.32 Å². The van der Waals surface area contributed by atoms with Crippen LogP contribution in [0.5, 0.6) is 0 Å². The van der Waals surface area contributed by atoms with Gasteiger partial charge in [-0.05, 0) is 37.3 Å². The van der Waals surface area contributed by atoms with E-state index in [9.17, 15) is 18.4 Å². The fraction of sp³-hybridized carbons (Fsp3) is 0.500. The smallest absolute Gasteiger partial charge is 0.238 e. The number of Topliss-reactive ketones (excluding diaryl/α,β-unsaturated/α-hetero) is 1. The Balaban J connectivity index is 1.86. The molecular weight excluding hydrogens is 276 g/mol. The van der Waals surface area contributed by atoms with Crippen molar-refractivity contribution in [1.82, 2.24) is 0 Å². The molecule has 21 heavy (non-hydrogen) atoms. The number of halogens is 2. The molecule has 112 valence electrons. The van der Waals surface area contributed by atoms with Gasteiger partial charge in [0.1, 0.15) is 5.41 Å². The summed E-state index contributed by atoms with van der Waals surface area (Å²) in [7, 11) is 0. The summed E-state index contributed by atoms with van der Waals surface area (Å²) < 4.78 is 26.1. The normalized spacial score (nSPS) is 29.7. The molecule has 2 fully saturated rings. The third-order valence-corrected chi connectivity index (χ3v) is 5.17. The number of carbonyl (C=O) groups is 2. The van der Waals surface area contributed by atoms with Gasteiger partial charge in [-0.15, -0.1) is 0 Å². The van der Waals surface area contributed by atoms with E-state index in [1.807, 2.05) is 13.8 Å². The molecule has 0 spiro atoms. The highest BCUT2D eigenvalue weighted by molar-refractivity contribution is 6.15.